The summed E-state index contributed by atoms with van der Waals surface area (Å²) in [7, 11) is 3.41. The lowest BCUT2D eigenvalue weighted by Crippen LogP contribution is -2.37. The van der Waals surface area contributed by atoms with Gasteiger partial charge in [0.2, 0.25) is 5.95 Å². The smallest absolute Gasteiger partial charge is 0.274 e. The van der Waals surface area contributed by atoms with Crippen LogP contribution in [0.5, 0.6) is 17.2 Å². The SMILES string of the molecule is COc1c(Oc2cnn3ccccc23)cnc2nc(Nc3cc(C4CC4)cn([C@H]4C[C@H](O)C4)c3=O)n(C)c12. The summed E-state index contributed by atoms with van der Waals surface area (Å²) in [5.41, 5.74) is 3.36. The Morgan fingerprint density at radius 1 is 1.16 bits per heavy atom. The Hall–Kier alpha value is -4.38. The molecular formula is C27H27N7O4. The molecule has 5 aromatic rings. The van der Waals surface area contributed by atoms with Crippen molar-refractivity contribution < 1.29 is 14.6 Å². The van der Waals surface area contributed by atoms with Gasteiger partial charge in [-0.2, -0.15) is 10.1 Å². The van der Waals surface area contributed by atoms with Crippen LogP contribution in [-0.2, 0) is 7.05 Å². The lowest BCUT2D eigenvalue weighted by molar-refractivity contribution is 0.0471. The summed E-state index contributed by atoms with van der Waals surface area (Å²) >= 11 is 0. The highest BCUT2D eigenvalue weighted by atomic mass is 16.5. The maximum Gasteiger partial charge on any atom is 0.274 e. The number of aliphatic hydroxyl groups is 1. The van der Waals surface area contributed by atoms with Crippen LogP contribution in [0.15, 0.2) is 53.8 Å². The zero-order chi connectivity index (χ0) is 26.0. The van der Waals surface area contributed by atoms with E-state index in [4.69, 9.17) is 9.47 Å². The Labute approximate surface area is 217 Å². The van der Waals surface area contributed by atoms with E-state index < -0.39 is 0 Å². The predicted octanol–water partition coefficient (Wildman–Crippen LogP) is 3.90. The number of anilines is 2. The fourth-order valence-corrected chi connectivity index (χ4v) is 5.14. The number of nitrogens with one attached hydrogen (secondary N) is 1. The van der Waals surface area contributed by atoms with Crippen LogP contribution in [0.4, 0.5) is 11.6 Å². The van der Waals surface area contributed by atoms with Crippen LogP contribution < -0.4 is 20.3 Å². The summed E-state index contributed by atoms with van der Waals surface area (Å²) in [6.07, 6.45) is 10.1. The van der Waals surface area contributed by atoms with Crippen molar-refractivity contribution in [2.45, 2.75) is 43.7 Å². The average Bonchev–Trinajstić information content (AvgIpc) is 3.61. The van der Waals surface area contributed by atoms with Crippen molar-refractivity contribution in [2.24, 2.45) is 7.05 Å². The van der Waals surface area contributed by atoms with E-state index in [0.717, 1.165) is 23.9 Å². The first-order valence-electron chi connectivity index (χ1n) is 12.7. The number of methoxy groups -OCH3 is 1. The number of hydrogen-bond acceptors (Lipinski definition) is 8. The highest BCUT2D eigenvalue weighted by molar-refractivity contribution is 5.85. The van der Waals surface area contributed by atoms with Crippen molar-refractivity contribution >= 4 is 28.3 Å². The monoisotopic (exact) mass is 513 g/mol. The van der Waals surface area contributed by atoms with Crippen LogP contribution in [0.1, 0.15) is 43.2 Å². The van der Waals surface area contributed by atoms with Crippen molar-refractivity contribution in [3.8, 4) is 17.2 Å². The number of imidazole rings is 1. The van der Waals surface area contributed by atoms with Crippen molar-refractivity contribution in [3.63, 3.8) is 0 Å². The summed E-state index contributed by atoms with van der Waals surface area (Å²) < 4.78 is 17.2. The van der Waals surface area contributed by atoms with Crippen LogP contribution in [0.25, 0.3) is 16.7 Å². The van der Waals surface area contributed by atoms with Gasteiger partial charge < -0.3 is 29.0 Å². The number of aryl methyl sites for hydroxylation is 1. The van der Waals surface area contributed by atoms with Crippen LogP contribution >= 0.6 is 0 Å². The molecule has 0 atom stereocenters. The van der Waals surface area contributed by atoms with E-state index in [1.54, 1.807) is 28.6 Å². The van der Waals surface area contributed by atoms with E-state index >= 15 is 0 Å². The Kier molecular flexibility index (Phi) is 5.15. The number of fused-ring (bicyclic) bond motifs is 2. The summed E-state index contributed by atoms with van der Waals surface area (Å²) in [4.78, 5) is 22.6. The molecule has 0 aromatic carbocycles. The molecule has 2 N–H and O–H groups in total. The molecule has 0 spiro atoms. The fraction of sp³-hybridized carbons (Fsp3) is 0.333. The first kappa shape index (κ1) is 22.8. The first-order valence-corrected chi connectivity index (χ1v) is 12.7. The Balaban J connectivity index is 1.27. The van der Waals surface area contributed by atoms with Gasteiger partial charge in [-0.05, 0) is 55.4 Å². The van der Waals surface area contributed by atoms with Crippen LogP contribution in [0, 0.1) is 0 Å². The molecule has 0 saturated heterocycles. The third-order valence-electron chi connectivity index (χ3n) is 7.48. The highest BCUT2D eigenvalue weighted by Gasteiger charge is 2.32. The number of pyridine rings is 3. The molecule has 7 rings (SSSR count). The zero-order valence-corrected chi connectivity index (χ0v) is 21.0. The first-order chi connectivity index (χ1) is 18.5. The lowest BCUT2D eigenvalue weighted by Gasteiger charge is -2.33. The maximum atomic E-state index is 13.4. The third kappa shape index (κ3) is 3.69. The molecule has 5 heterocycles. The molecule has 2 aliphatic rings. The normalized spacial score (nSPS) is 19.0. The molecule has 194 valence electrons. The van der Waals surface area contributed by atoms with Crippen molar-refractivity contribution in [1.29, 1.82) is 0 Å². The predicted molar refractivity (Wildman–Crippen MR) is 141 cm³/mol. The van der Waals surface area contributed by atoms with Gasteiger partial charge in [0.15, 0.2) is 22.9 Å². The standard InChI is InChI=1S/C27H27N7O4/c1-32-23-24(37-2)22(38-21-13-29-34-8-4-3-5-20(21)34)12-28-25(23)31-27(32)30-19-9-16(15-6-7-15)14-33(26(19)36)17-10-18(35)11-17/h3-5,8-9,12-15,17-18,35H,6-7,10-11H2,1-2H3,(H,28,30,31)/t17-,18-. The van der Waals surface area contributed by atoms with Gasteiger partial charge in [0.05, 0.1) is 25.6 Å². The number of aromatic nitrogens is 6. The molecule has 0 radical (unpaired) electrons. The topological polar surface area (TPSA) is 121 Å². The van der Waals surface area contributed by atoms with Gasteiger partial charge in [-0.3, -0.25) is 4.79 Å². The molecule has 2 fully saturated rings. The number of aliphatic hydroxyl groups excluding tert-OH is 1. The van der Waals surface area contributed by atoms with Gasteiger partial charge in [0.1, 0.15) is 16.7 Å². The number of ether oxygens (including phenoxy) is 2. The quantitative estimate of drug-likeness (QED) is 0.336. The Morgan fingerprint density at radius 2 is 2.00 bits per heavy atom. The van der Waals surface area contributed by atoms with E-state index in [2.05, 4.69) is 20.4 Å². The number of hydrogen-bond donors (Lipinski definition) is 2. The van der Waals surface area contributed by atoms with E-state index in [-0.39, 0.29) is 17.7 Å². The van der Waals surface area contributed by atoms with Gasteiger partial charge in [-0.1, -0.05) is 6.07 Å². The van der Waals surface area contributed by atoms with E-state index in [1.807, 2.05) is 48.3 Å². The largest absolute Gasteiger partial charge is 0.491 e. The fourth-order valence-electron chi connectivity index (χ4n) is 5.14. The maximum absolute atomic E-state index is 13.4. The second-order valence-electron chi connectivity index (χ2n) is 10.0. The minimum Gasteiger partial charge on any atom is -0.491 e. The molecule has 11 nitrogen and oxygen atoms in total. The van der Waals surface area contributed by atoms with Gasteiger partial charge >= 0.3 is 0 Å². The Bertz CT molecular complexity index is 1740. The lowest BCUT2D eigenvalue weighted by atomic mass is 9.89. The van der Waals surface area contributed by atoms with Crippen LogP contribution in [-0.4, -0.2) is 47.0 Å². The summed E-state index contributed by atoms with van der Waals surface area (Å²) in [6.45, 7) is 0. The molecule has 0 aliphatic heterocycles. The summed E-state index contributed by atoms with van der Waals surface area (Å²) in [6, 6.07) is 7.67. The van der Waals surface area contributed by atoms with Crippen LogP contribution in [0.3, 0.4) is 0 Å². The van der Waals surface area contributed by atoms with Crippen molar-refractivity contribution in [1.82, 2.24) is 28.7 Å². The van der Waals surface area contributed by atoms with Crippen LogP contribution in [0.2, 0.25) is 0 Å². The third-order valence-corrected chi connectivity index (χ3v) is 7.48. The molecule has 2 aliphatic carbocycles. The zero-order valence-electron chi connectivity index (χ0n) is 21.0. The molecule has 11 heteroatoms. The molecule has 5 aromatic heterocycles. The van der Waals surface area contributed by atoms with Gasteiger partial charge in [0.25, 0.3) is 5.56 Å². The van der Waals surface area contributed by atoms with E-state index in [1.165, 1.54) is 0 Å². The molecule has 0 unspecified atom stereocenters. The van der Waals surface area contributed by atoms with E-state index in [0.29, 0.717) is 58.8 Å². The number of rotatable bonds is 7. The second kappa shape index (κ2) is 8.59. The van der Waals surface area contributed by atoms with Gasteiger partial charge in [-0.25, -0.2) is 9.50 Å². The van der Waals surface area contributed by atoms with Gasteiger partial charge in [0, 0.05) is 25.5 Å². The summed E-state index contributed by atoms with van der Waals surface area (Å²) in [5, 5.41) is 17.4. The van der Waals surface area contributed by atoms with Gasteiger partial charge in [-0.15, -0.1) is 0 Å². The highest BCUT2D eigenvalue weighted by Crippen LogP contribution is 2.42. The molecule has 0 amide bonds. The molecule has 0 bridgehead atoms. The molecular weight excluding hydrogens is 486 g/mol. The molecule has 2 saturated carbocycles. The second-order valence-corrected chi connectivity index (χ2v) is 10.0. The van der Waals surface area contributed by atoms with E-state index in [9.17, 15) is 9.90 Å². The average molecular weight is 514 g/mol. The van der Waals surface area contributed by atoms with Crippen molar-refractivity contribution in [2.75, 3.05) is 12.4 Å². The van der Waals surface area contributed by atoms with Crippen molar-refractivity contribution in [3.05, 3.63) is 65.0 Å². The Morgan fingerprint density at radius 3 is 2.76 bits per heavy atom. The minimum absolute atomic E-state index is 0.0126. The summed E-state index contributed by atoms with van der Waals surface area (Å²) in [5.74, 6) is 2.40. The molecule has 38 heavy (non-hydrogen) atoms. The number of nitrogens with zero attached hydrogens (tertiary/aromatic N) is 6. The minimum atomic E-state index is -0.344.